The molecule has 0 radical (unpaired) electrons. The molecule has 1 aromatic rings. The number of furan rings is 1. The van der Waals surface area contributed by atoms with Crippen LogP contribution >= 0.6 is 0 Å². The maximum Gasteiger partial charge on any atom is 0.371 e. The number of carboxylic acids is 1. The molecule has 0 spiro atoms. The van der Waals surface area contributed by atoms with Crippen LogP contribution in [-0.2, 0) is 6.42 Å². The molecule has 0 saturated carbocycles. The van der Waals surface area contributed by atoms with Crippen molar-refractivity contribution in [2.24, 2.45) is 0 Å². The molecular weight excluding hydrogens is 232 g/mol. The van der Waals surface area contributed by atoms with Gasteiger partial charge in [-0.2, -0.15) is 0 Å². The molecule has 1 aromatic heterocycles. The molecule has 0 amide bonds. The second kappa shape index (κ2) is 8.31. The number of carbonyl (C=O) groups is 1. The van der Waals surface area contributed by atoms with E-state index in [1.165, 1.54) is 6.07 Å². The smallest absolute Gasteiger partial charge is 0.371 e. The Bertz CT molecular complexity index is 427. The Morgan fingerprint density at radius 1 is 1.50 bits per heavy atom. The van der Waals surface area contributed by atoms with Gasteiger partial charge in [0.15, 0.2) is 0 Å². The monoisotopic (exact) mass is 252 g/mol. The summed E-state index contributed by atoms with van der Waals surface area (Å²) in [6, 6.07) is 1.44. The lowest BCUT2D eigenvalue weighted by molar-refractivity contribution is 0.0660. The summed E-state index contributed by atoms with van der Waals surface area (Å²) in [5.74, 6) is -0.666. The summed E-state index contributed by atoms with van der Waals surface area (Å²) >= 11 is 0. The van der Waals surface area contributed by atoms with Gasteiger partial charge in [-0.05, 0) is 18.6 Å². The van der Waals surface area contributed by atoms with Crippen LogP contribution in [-0.4, -0.2) is 22.8 Å². The Morgan fingerprint density at radius 3 is 2.56 bits per heavy atom. The van der Waals surface area contributed by atoms with Crippen LogP contribution in [0, 0.1) is 0 Å². The van der Waals surface area contributed by atoms with Gasteiger partial charge in [0.25, 0.3) is 0 Å². The molecule has 18 heavy (non-hydrogen) atoms. The van der Waals surface area contributed by atoms with Gasteiger partial charge in [-0.1, -0.05) is 26.0 Å². The van der Waals surface area contributed by atoms with Gasteiger partial charge in [-0.3, -0.25) is 0 Å². The summed E-state index contributed by atoms with van der Waals surface area (Å²) < 4.78 is 5.16. The Morgan fingerprint density at radius 2 is 2.11 bits per heavy atom. The van der Waals surface area contributed by atoms with E-state index in [4.69, 9.17) is 14.6 Å². The van der Waals surface area contributed by atoms with E-state index >= 15 is 0 Å². The highest BCUT2D eigenvalue weighted by atomic mass is 16.4. The highest BCUT2D eigenvalue weighted by Gasteiger charge is 2.13. The van der Waals surface area contributed by atoms with E-state index in [-0.39, 0.29) is 12.4 Å². The summed E-state index contributed by atoms with van der Waals surface area (Å²) in [6.45, 7) is 9.26. The van der Waals surface area contributed by atoms with Gasteiger partial charge in [-0.15, -0.1) is 6.58 Å². The predicted molar refractivity (Wildman–Crippen MR) is 71.7 cm³/mol. The van der Waals surface area contributed by atoms with Crippen LogP contribution in [0.5, 0.6) is 0 Å². The van der Waals surface area contributed by atoms with Crippen molar-refractivity contribution >= 4 is 12.0 Å². The van der Waals surface area contributed by atoms with Crippen LogP contribution in [0.15, 0.2) is 28.7 Å². The minimum Gasteiger partial charge on any atom is -0.475 e. The number of hydrogen-bond donors (Lipinski definition) is 2. The second-order valence-electron chi connectivity index (χ2n) is 3.44. The number of aliphatic hydroxyl groups is 1. The SMILES string of the molecule is C=CCc1oc(C(=O)O)cc1/C=C(\C)CO.CC. The van der Waals surface area contributed by atoms with E-state index in [2.05, 4.69) is 6.58 Å². The fraction of sp³-hybridized carbons (Fsp3) is 0.357. The van der Waals surface area contributed by atoms with E-state index in [0.29, 0.717) is 17.7 Å². The van der Waals surface area contributed by atoms with Crippen molar-refractivity contribution < 1.29 is 19.4 Å². The summed E-state index contributed by atoms with van der Waals surface area (Å²) in [6.07, 6.45) is 3.79. The van der Waals surface area contributed by atoms with Crippen molar-refractivity contribution in [1.29, 1.82) is 0 Å². The number of allylic oxidation sites excluding steroid dienone is 1. The average molecular weight is 252 g/mol. The number of carboxylic acid groups (broad SMARTS) is 1. The molecule has 1 rings (SSSR count). The molecule has 100 valence electrons. The topological polar surface area (TPSA) is 70.7 Å². The third-order valence-corrected chi connectivity index (χ3v) is 2.03. The fourth-order valence-corrected chi connectivity index (χ4v) is 1.27. The summed E-state index contributed by atoms with van der Waals surface area (Å²) in [5.41, 5.74) is 1.41. The molecule has 0 fully saturated rings. The molecule has 0 aromatic carbocycles. The molecule has 0 bridgehead atoms. The van der Waals surface area contributed by atoms with Crippen LogP contribution in [0.1, 0.15) is 42.6 Å². The summed E-state index contributed by atoms with van der Waals surface area (Å²) in [5, 5.41) is 17.7. The molecule has 0 aliphatic carbocycles. The lowest BCUT2D eigenvalue weighted by Crippen LogP contribution is -1.91. The number of aromatic carboxylic acids is 1. The van der Waals surface area contributed by atoms with Crippen molar-refractivity contribution in [2.75, 3.05) is 6.61 Å². The lowest BCUT2D eigenvalue weighted by atomic mass is 10.1. The van der Waals surface area contributed by atoms with Crippen LogP contribution in [0.3, 0.4) is 0 Å². The molecule has 0 saturated heterocycles. The highest BCUT2D eigenvalue weighted by Crippen LogP contribution is 2.19. The van der Waals surface area contributed by atoms with E-state index in [1.54, 1.807) is 19.1 Å². The third kappa shape index (κ3) is 4.59. The predicted octanol–water partition coefficient (Wildman–Crippen LogP) is 3.13. The molecule has 4 nitrogen and oxygen atoms in total. The van der Waals surface area contributed by atoms with Crippen molar-refractivity contribution in [3.8, 4) is 0 Å². The first kappa shape index (κ1) is 16.2. The van der Waals surface area contributed by atoms with Crippen molar-refractivity contribution in [2.45, 2.75) is 27.2 Å². The largest absolute Gasteiger partial charge is 0.475 e. The van der Waals surface area contributed by atoms with Gasteiger partial charge >= 0.3 is 5.97 Å². The highest BCUT2D eigenvalue weighted by molar-refractivity contribution is 5.85. The zero-order valence-corrected chi connectivity index (χ0v) is 11.1. The maximum absolute atomic E-state index is 10.7. The van der Waals surface area contributed by atoms with Gasteiger partial charge in [0.1, 0.15) is 5.76 Å². The van der Waals surface area contributed by atoms with Gasteiger partial charge in [0.05, 0.1) is 6.61 Å². The Labute approximate surface area is 107 Å². The van der Waals surface area contributed by atoms with E-state index in [9.17, 15) is 4.79 Å². The van der Waals surface area contributed by atoms with Gasteiger partial charge < -0.3 is 14.6 Å². The van der Waals surface area contributed by atoms with Crippen molar-refractivity contribution in [3.05, 3.63) is 41.4 Å². The summed E-state index contributed by atoms with van der Waals surface area (Å²) in [7, 11) is 0. The minimum atomic E-state index is -1.10. The average Bonchev–Trinajstić information content (AvgIpc) is 2.75. The first-order valence-corrected chi connectivity index (χ1v) is 5.83. The molecular formula is C14H20O4. The molecule has 4 heteroatoms. The lowest BCUT2D eigenvalue weighted by Gasteiger charge is -1.95. The Balaban J connectivity index is 0.00000137. The molecule has 2 N–H and O–H groups in total. The molecule has 0 atom stereocenters. The first-order valence-electron chi connectivity index (χ1n) is 5.83. The van der Waals surface area contributed by atoms with E-state index < -0.39 is 5.97 Å². The van der Waals surface area contributed by atoms with E-state index in [1.807, 2.05) is 13.8 Å². The third-order valence-electron chi connectivity index (χ3n) is 2.03. The number of aliphatic hydroxyl groups excluding tert-OH is 1. The molecule has 0 aliphatic heterocycles. The van der Waals surface area contributed by atoms with Crippen molar-refractivity contribution in [1.82, 2.24) is 0 Å². The number of hydrogen-bond acceptors (Lipinski definition) is 3. The zero-order chi connectivity index (χ0) is 14.1. The van der Waals surface area contributed by atoms with Gasteiger partial charge in [0, 0.05) is 12.0 Å². The quantitative estimate of drug-likeness (QED) is 0.790. The van der Waals surface area contributed by atoms with Gasteiger partial charge in [0.2, 0.25) is 5.76 Å². The normalized spacial score (nSPS) is 10.6. The standard InChI is InChI=1S/C12H14O4.C2H6/c1-3-4-10-9(5-8(2)7-13)6-11(16-10)12(14)15;1-2/h3,5-6,13H,1,4,7H2,2H3,(H,14,15);1-2H3/b8-5+;. The maximum atomic E-state index is 10.7. The fourth-order valence-electron chi connectivity index (χ4n) is 1.27. The Hall–Kier alpha value is -1.81. The zero-order valence-electron chi connectivity index (χ0n) is 11.1. The minimum absolute atomic E-state index is 0.0683. The van der Waals surface area contributed by atoms with E-state index in [0.717, 1.165) is 5.57 Å². The molecule has 1 heterocycles. The number of rotatable bonds is 5. The van der Waals surface area contributed by atoms with Gasteiger partial charge in [-0.25, -0.2) is 4.79 Å². The van der Waals surface area contributed by atoms with Crippen LogP contribution in [0.25, 0.3) is 6.08 Å². The van der Waals surface area contributed by atoms with Crippen LogP contribution < -0.4 is 0 Å². The summed E-state index contributed by atoms with van der Waals surface area (Å²) in [4.78, 5) is 10.7. The van der Waals surface area contributed by atoms with Crippen LogP contribution in [0.4, 0.5) is 0 Å². The molecule has 0 unspecified atom stereocenters. The second-order valence-corrected chi connectivity index (χ2v) is 3.44. The molecule has 0 aliphatic rings. The van der Waals surface area contributed by atoms with Crippen LogP contribution in [0.2, 0.25) is 0 Å². The first-order chi connectivity index (χ1) is 8.58. The Kier molecular flexibility index (Phi) is 7.47. The van der Waals surface area contributed by atoms with Crippen molar-refractivity contribution in [3.63, 3.8) is 0 Å².